The third kappa shape index (κ3) is 9.10. The molecule has 32 heavy (non-hydrogen) atoms. The van der Waals surface area contributed by atoms with Gasteiger partial charge in [-0.2, -0.15) is 4.31 Å². The molecule has 0 radical (unpaired) electrons. The molecule has 180 valence electrons. The number of esters is 1. The lowest BCUT2D eigenvalue weighted by molar-refractivity contribution is -0.158. The van der Waals surface area contributed by atoms with E-state index in [0.29, 0.717) is 31.7 Å². The highest BCUT2D eigenvalue weighted by Crippen LogP contribution is 2.17. The van der Waals surface area contributed by atoms with Gasteiger partial charge >= 0.3 is 5.97 Å². The van der Waals surface area contributed by atoms with Crippen LogP contribution in [0.15, 0.2) is 35.2 Å². The van der Waals surface area contributed by atoms with Gasteiger partial charge in [0.05, 0.1) is 4.90 Å². The number of rotatable bonds is 11. The molecule has 1 rings (SSSR count). The van der Waals surface area contributed by atoms with Gasteiger partial charge in [-0.1, -0.05) is 26.0 Å². The standard InChI is InChI=1S/C23H37N3O5S/c1-8-26(9-2)32(29,30)20-13-10-19(11-14-20)12-15-21(27)25(17-16-24(6)7)18-22(28)31-23(3,4)5/h10-15H,8-9,16-18H2,1-7H3/b15-12+. The third-order valence-corrected chi connectivity index (χ3v) is 6.57. The molecule has 0 unspecified atom stereocenters. The summed E-state index contributed by atoms with van der Waals surface area (Å²) in [5, 5.41) is 0. The predicted octanol–water partition coefficient (Wildman–Crippen LogP) is 2.46. The average molecular weight is 468 g/mol. The summed E-state index contributed by atoms with van der Waals surface area (Å²) >= 11 is 0. The monoisotopic (exact) mass is 467 g/mol. The van der Waals surface area contributed by atoms with Crippen molar-refractivity contribution in [2.24, 2.45) is 0 Å². The number of sulfonamides is 1. The van der Waals surface area contributed by atoms with E-state index >= 15 is 0 Å². The Morgan fingerprint density at radius 2 is 1.56 bits per heavy atom. The van der Waals surface area contributed by atoms with Gasteiger partial charge in [-0.3, -0.25) is 9.59 Å². The van der Waals surface area contributed by atoms with Gasteiger partial charge < -0.3 is 14.5 Å². The van der Waals surface area contributed by atoms with E-state index in [1.165, 1.54) is 27.4 Å². The summed E-state index contributed by atoms with van der Waals surface area (Å²) in [6, 6.07) is 6.36. The fourth-order valence-electron chi connectivity index (χ4n) is 2.85. The van der Waals surface area contributed by atoms with Crippen LogP contribution in [0.2, 0.25) is 0 Å². The summed E-state index contributed by atoms with van der Waals surface area (Å²) in [6.07, 6.45) is 2.99. The first kappa shape index (κ1) is 27.8. The van der Waals surface area contributed by atoms with Crippen LogP contribution in [-0.2, 0) is 24.3 Å². The van der Waals surface area contributed by atoms with Crippen LogP contribution < -0.4 is 0 Å². The van der Waals surface area contributed by atoms with Crippen molar-refractivity contribution in [2.75, 3.05) is 46.8 Å². The first-order valence-electron chi connectivity index (χ1n) is 10.7. The summed E-state index contributed by atoms with van der Waals surface area (Å²) in [4.78, 5) is 28.5. The Bertz CT molecular complexity index is 883. The topological polar surface area (TPSA) is 87.2 Å². The number of ether oxygens (including phenoxy) is 1. The van der Waals surface area contributed by atoms with E-state index in [2.05, 4.69) is 0 Å². The largest absolute Gasteiger partial charge is 0.459 e. The van der Waals surface area contributed by atoms with E-state index in [1.54, 1.807) is 52.8 Å². The molecule has 8 nitrogen and oxygen atoms in total. The minimum Gasteiger partial charge on any atom is -0.459 e. The molecule has 0 N–H and O–H groups in total. The molecule has 0 bridgehead atoms. The van der Waals surface area contributed by atoms with Gasteiger partial charge in [0, 0.05) is 32.3 Å². The highest BCUT2D eigenvalue weighted by Gasteiger charge is 2.22. The van der Waals surface area contributed by atoms with E-state index < -0.39 is 21.6 Å². The zero-order chi connectivity index (χ0) is 24.5. The molecule has 0 fully saturated rings. The van der Waals surface area contributed by atoms with Crippen LogP contribution >= 0.6 is 0 Å². The second-order valence-corrected chi connectivity index (χ2v) is 10.6. The van der Waals surface area contributed by atoms with Crippen molar-refractivity contribution in [2.45, 2.75) is 45.1 Å². The number of carbonyl (C=O) groups is 2. The van der Waals surface area contributed by atoms with Gasteiger partial charge in [-0.15, -0.1) is 0 Å². The number of hydrogen-bond acceptors (Lipinski definition) is 6. The minimum atomic E-state index is -3.53. The second kappa shape index (κ2) is 12.1. The molecule has 9 heteroatoms. The molecule has 0 saturated carbocycles. The Labute approximate surface area is 192 Å². The van der Waals surface area contributed by atoms with Crippen molar-refractivity contribution in [1.82, 2.24) is 14.1 Å². The van der Waals surface area contributed by atoms with E-state index in [-0.39, 0.29) is 17.3 Å². The van der Waals surface area contributed by atoms with Crippen LogP contribution in [0.4, 0.5) is 0 Å². The van der Waals surface area contributed by atoms with Crippen LogP contribution in [-0.4, -0.2) is 86.8 Å². The van der Waals surface area contributed by atoms with Crippen molar-refractivity contribution < 1.29 is 22.7 Å². The molecule has 0 aliphatic rings. The number of benzene rings is 1. The molecule has 0 heterocycles. The maximum Gasteiger partial charge on any atom is 0.326 e. The quantitative estimate of drug-likeness (QED) is 0.367. The van der Waals surface area contributed by atoms with E-state index in [0.717, 1.165) is 0 Å². The number of nitrogens with zero attached hydrogens (tertiary/aromatic N) is 3. The Balaban J connectivity index is 2.94. The lowest BCUT2D eigenvalue weighted by Gasteiger charge is -2.25. The number of hydrogen-bond donors (Lipinski definition) is 0. The highest BCUT2D eigenvalue weighted by molar-refractivity contribution is 7.89. The molecule has 1 aromatic rings. The molecular weight excluding hydrogens is 430 g/mol. The molecule has 0 aliphatic heterocycles. The zero-order valence-electron chi connectivity index (χ0n) is 20.3. The summed E-state index contributed by atoms with van der Waals surface area (Å²) in [5.74, 6) is -0.790. The van der Waals surface area contributed by atoms with Gasteiger partial charge in [0.15, 0.2) is 0 Å². The Morgan fingerprint density at radius 1 is 1.00 bits per heavy atom. The SMILES string of the molecule is CCN(CC)S(=O)(=O)c1ccc(/C=C/C(=O)N(CCN(C)C)CC(=O)OC(C)(C)C)cc1. The lowest BCUT2D eigenvalue weighted by Crippen LogP contribution is -2.41. The maximum atomic E-state index is 12.7. The molecule has 0 saturated heterocycles. The van der Waals surface area contributed by atoms with Crippen molar-refractivity contribution >= 4 is 28.0 Å². The first-order valence-corrected chi connectivity index (χ1v) is 12.2. The van der Waals surface area contributed by atoms with Crippen LogP contribution in [0, 0.1) is 0 Å². The summed E-state index contributed by atoms with van der Waals surface area (Å²) in [6.45, 7) is 10.5. The van der Waals surface area contributed by atoms with E-state index in [1.807, 2.05) is 19.0 Å². The minimum absolute atomic E-state index is 0.144. The van der Waals surface area contributed by atoms with E-state index in [4.69, 9.17) is 4.74 Å². The van der Waals surface area contributed by atoms with Crippen molar-refractivity contribution in [1.29, 1.82) is 0 Å². The van der Waals surface area contributed by atoms with Gasteiger partial charge in [-0.25, -0.2) is 8.42 Å². The van der Waals surface area contributed by atoms with Crippen LogP contribution in [0.5, 0.6) is 0 Å². The Morgan fingerprint density at radius 3 is 2.03 bits per heavy atom. The molecule has 0 atom stereocenters. The smallest absolute Gasteiger partial charge is 0.326 e. The molecule has 0 aliphatic carbocycles. The number of carbonyl (C=O) groups excluding carboxylic acids is 2. The van der Waals surface area contributed by atoms with Crippen molar-refractivity contribution in [3.63, 3.8) is 0 Å². The van der Waals surface area contributed by atoms with Crippen molar-refractivity contribution in [3.05, 3.63) is 35.9 Å². The fourth-order valence-corrected chi connectivity index (χ4v) is 4.31. The highest BCUT2D eigenvalue weighted by atomic mass is 32.2. The third-order valence-electron chi connectivity index (χ3n) is 4.51. The molecule has 0 aromatic heterocycles. The lowest BCUT2D eigenvalue weighted by atomic mass is 10.2. The van der Waals surface area contributed by atoms with E-state index in [9.17, 15) is 18.0 Å². The van der Waals surface area contributed by atoms with Crippen molar-refractivity contribution in [3.8, 4) is 0 Å². The first-order chi connectivity index (χ1) is 14.8. The Kier molecular flexibility index (Phi) is 10.5. The molecular formula is C23H37N3O5S. The summed E-state index contributed by atoms with van der Waals surface area (Å²) in [5.41, 5.74) is 0.0535. The number of amides is 1. The Hall–Kier alpha value is -2.23. The normalized spacial score (nSPS) is 12.5. The molecule has 1 aromatic carbocycles. The second-order valence-electron chi connectivity index (χ2n) is 8.64. The average Bonchev–Trinajstić information content (AvgIpc) is 2.68. The zero-order valence-corrected chi connectivity index (χ0v) is 21.1. The van der Waals surface area contributed by atoms with Gasteiger partial charge in [-0.05, 0) is 58.6 Å². The van der Waals surface area contributed by atoms with Crippen LogP contribution in [0.1, 0.15) is 40.2 Å². The fraction of sp³-hybridized carbons (Fsp3) is 0.565. The van der Waals surface area contributed by atoms with Crippen LogP contribution in [0.3, 0.4) is 0 Å². The summed E-state index contributed by atoms with van der Waals surface area (Å²) in [7, 11) is 0.249. The summed E-state index contributed by atoms with van der Waals surface area (Å²) < 4.78 is 31.9. The number of likely N-dealkylation sites (N-methyl/N-ethyl adjacent to an activating group) is 1. The van der Waals surface area contributed by atoms with Gasteiger partial charge in [0.2, 0.25) is 15.9 Å². The van der Waals surface area contributed by atoms with Crippen LogP contribution in [0.25, 0.3) is 6.08 Å². The van der Waals surface area contributed by atoms with Gasteiger partial charge in [0.25, 0.3) is 0 Å². The molecule has 0 spiro atoms. The molecule has 1 amide bonds. The van der Waals surface area contributed by atoms with Gasteiger partial charge in [0.1, 0.15) is 12.1 Å². The predicted molar refractivity (Wildman–Crippen MR) is 127 cm³/mol. The maximum absolute atomic E-state index is 12.7.